The molecule has 3 N–H and O–H groups in total. The fourth-order valence-corrected chi connectivity index (χ4v) is 2.54. The molecule has 4 nitrogen and oxygen atoms in total. The normalized spacial score (nSPS) is 27.4. The van der Waals surface area contributed by atoms with E-state index in [2.05, 4.69) is 24.1 Å². The molecule has 1 aliphatic heterocycles. The second-order valence-electron chi connectivity index (χ2n) is 6.17. The van der Waals surface area contributed by atoms with Crippen LogP contribution in [0.1, 0.15) is 33.1 Å². The highest BCUT2D eigenvalue weighted by Crippen LogP contribution is 2.32. The smallest absolute Gasteiger partial charge is 0.240 e. The SMILES string of the molecule is CC(C)CN1CCC(CNC(=O)C2(N)CC2)C1. The third-order valence-corrected chi connectivity index (χ3v) is 3.79. The van der Waals surface area contributed by atoms with E-state index in [4.69, 9.17) is 5.73 Å². The first kappa shape index (κ1) is 12.8. The van der Waals surface area contributed by atoms with Crippen molar-refractivity contribution in [3.05, 3.63) is 0 Å². The molecule has 2 aliphatic rings. The van der Waals surface area contributed by atoms with Crippen LogP contribution in [0.2, 0.25) is 0 Å². The molecule has 0 radical (unpaired) electrons. The Morgan fingerprint density at radius 3 is 2.82 bits per heavy atom. The number of carbonyl (C=O) groups is 1. The maximum atomic E-state index is 11.7. The van der Waals surface area contributed by atoms with Crippen LogP contribution >= 0.6 is 0 Å². The number of likely N-dealkylation sites (tertiary alicyclic amines) is 1. The predicted octanol–water partition coefficient (Wildman–Crippen LogP) is 0.572. The largest absolute Gasteiger partial charge is 0.354 e. The lowest BCUT2D eigenvalue weighted by Crippen LogP contribution is -2.44. The monoisotopic (exact) mass is 239 g/mol. The quantitative estimate of drug-likeness (QED) is 0.737. The Labute approximate surface area is 104 Å². The van der Waals surface area contributed by atoms with Crippen molar-refractivity contribution in [2.75, 3.05) is 26.2 Å². The average molecular weight is 239 g/mol. The van der Waals surface area contributed by atoms with E-state index in [-0.39, 0.29) is 5.91 Å². The summed E-state index contributed by atoms with van der Waals surface area (Å²) in [5.41, 5.74) is 5.33. The zero-order chi connectivity index (χ0) is 12.5. The van der Waals surface area contributed by atoms with Gasteiger partial charge in [0.15, 0.2) is 0 Å². The van der Waals surface area contributed by atoms with Gasteiger partial charge in [0.1, 0.15) is 0 Å². The van der Waals surface area contributed by atoms with E-state index in [9.17, 15) is 4.79 Å². The highest BCUT2D eigenvalue weighted by atomic mass is 16.2. The van der Waals surface area contributed by atoms with Crippen LogP contribution in [0.5, 0.6) is 0 Å². The Balaban J connectivity index is 1.66. The molecule has 17 heavy (non-hydrogen) atoms. The first-order valence-corrected chi connectivity index (χ1v) is 6.79. The molecule has 0 bridgehead atoms. The number of carbonyl (C=O) groups excluding carboxylic acids is 1. The van der Waals surface area contributed by atoms with Gasteiger partial charge < -0.3 is 16.0 Å². The molecule has 1 aliphatic carbocycles. The first-order valence-electron chi connectivity index (χ1n) is 6.79. The predicted molar refractivity (Wildman–Crippen MR) is 68.5 cm³/mol. The molecule has 4 heteroatoms. The molecule has 1 atom stereocenters. The first-order chi connectivity index (χ1) is 7.99. The van der Waals surface area contributed by atoms with Gasteiger partial charge in [-0.3, -0.25) is 4.79 Å². The van der Waals surface area contributed by atoms with Crippen molar-refractivity contribution in [3.8, 4) is 0 Å². The highest BCUT2D eigenvalue weighted by molar-refractivity contribution is 5.88. The number of hydrogen-bond acceptors (Lipinski definition) is 3. The van der Waals surface area contributed by atoms with Gasteiger partial charge in [-0.05, 0) is 37.6 Å². The molecule has 1 saturated carbocycles. The lowest BCUT2D eigenvalue weighted by molar-refractivity contribution is -0.123. The summed E-state index contributed by atoms with van der Waals surface area (Å²) < 4.78 is 0. The van der Waals surface area contributed by atoms with Crippen LogP contribution in [0.25, 0.3) is 0 Å². The van der Waals surface area contributed by atoms with Crippen LogP contribution in [-0.4, -0.2) is 42.5 Å². The van der Waals surface area contributed by atoms with Crippen LogP contribution in [-0.2, 0) is 4.79 Å². The van der Waals surface area contributed by atoms with Gasteiger partial charge >= 0.3 is 0 Å². The topological polar surface area (TPSA) is 58.4 Å². The third kappa shape index (κ3) is 3.42. The minimum absolute atomic E-state index is 0.0554. The lowest BCUT2D eigenvalue weighted by atomic mass is 10.1. The van der Waals surface area contributed by atoms with Crippen molar-refractivity contribution in [2.24, 2.45) is 17.6 Å². The van der Waals surface area contributed by atoms with Crippen LogP contribution in [0, 0.1) is 11.8 Å². The summed E-state index contributed by atoms with van der Waals surface area (Å²) in [6, 6.07) is 0. The van der Waals surface area contributed by atoms with Crippen molar-refractivity contribution in [3.63, 3.8) is 0 Å². The Hall–Kier alpha value is -0.610. The standard InChI is InChI=1S/C13H25N3O/c1-10(2)8-16-6-3-11(9-16)7-15-12(17)13(14)4-5-13/h10-11H,3-9,14H2,1-2H3,(H,15,17). The number of nitrogens with two attached hydrogens (primary N) is 1. The van der Waals surface area contributed by atoms with E-state index in [1.165, 1.54) is 19.5 Å². The zero-order valence-electron chi connectivity index (χ0n) is 11.0. The van der Waals surface area contributed by atoms with Crippen LogP contribution in [0.4, 0.5) is 0 Å². The van der Waals surface area contributed by atoms with Gasteiger partial charge in [0.2, 0.25) is 5.91 Å². The van der Waals surface area contributed by atoms with Crippen LogP contribution < -0.4 is 11.1 Å². The molecule has 98 valence electrons. The third-order valence-electron chi connectivity index (χ3n) is 3.79. The fourth-order valence-electron chi connectivity index (χ4n) is 2.54. The lowest BCUT2D eigenvalue weighted by Gasteiger charge is -2.18. The van der Waals surface area contributed by atoms with E-state index in [0.29, 0.717) is 5.92 Å². The summed E-state index contributed by atoms with van der Waals surface area (Å²) in [7, 11) is 0. The molecule has 1 amide bonds. The number of nitrogens with one attached hydrogen (secondary N) is 1. The summed E-state index contributed by atoms with van der Waals surface area (Å²) in [4.78, 5) is 14.2. The minimum Gasteiger partial charge on any atom is -0.354 e. The van der Waals surface area contributed by atoms with E-state index < -0.39 is 5.54 Å². The summed E-state index contributed by atoms with van der Waals surface area (Å²) in [6.07, 6.45) is 2.90. The average Bonchev–Trinajstić information content (AvgIpc) is 2.86. The summed E-state index contributed by atoms with van der Waals surface area (Å²) >= 11 is 0. The van der Waals surface area contributed by atoms with Crippen LogP contribution in [0.15, 0.2) is 0 Å². The van der Waals surface area contributed by atoms with E-state index in [0.717, 1.165) is 31.8 Å². The van der Waals surface area contributed by atoms with Crippen LogP contribution in [0.3, 0.4) is 0 Å². The number of nitrogens with zero attached hydrogens (tertiary/aromatic N) is 1. The Morgan fingerprint density at radius 1 is 1.53 bits per heavy atom. The minimum atomic E-state index is -0.518. The summed E-state index contributed by atoms with van der Waals surface area (Å²) in [5.74, 6) is 1.39. The van der Waals surface area contributed by atoms with Crippen molar-refractivity contribution >= 4 is 5.91 Å². The molecule has 1 heterocycles. The number of hydrogen-bond donors (Lipinski definition) is 2. The molecular weight excluding hydrogens is 214 g/mol. The van der Waals surface area contributed by atoms with Gasteiger partial charge in [-0.25, -0.2) is 0 Å². The Morgan fingerprint density at radius 2 is 2.24 bits per heavy atom. The second-order valence-corrected chi connectivity index (χ2v) is 6.17. The molecule has 1 saturated heterocycles. The van der Waals surface area contributed by atoms with Crippen molar-refractivity contribution in [1.82, 2.24) is 10.2 Å². The van der Waals surface area contributed by atoms with E-state index in [1.807, 2.05) is 0 Å². The molecular formula is C13H25N3O. The second kappa shape index (κ2) is 4.94. The van der Waals surface area contributed by atoms with Gasteiger partial charge in [-0.15, -0.1) is 0 Å². The summed E-state index contributed by atoms with van der Waals surface area (Å²) in [6.45, 7) is 8.76. The van der Waals surface area contributed by atoms with Crippen molar-refractivity contribution in [2.45, 2.75) is 38.6 Å². The molecule has 0 aromatic rings. The van der Waals surface area contributed by atoms with Gasteiger partial charge in [0.05, 0.1) is 5.54 Å². The molecule has 2 rings (SSSR count). The van der Waals surface area contributed by atoms with Crippen molar-refractivity contribution in [1.29, 1.82) is 0 Å². The van der Waals surface area contributed by atoms with Gasteiger partial charge in [-0.2, -0.15) is 0 Å². The summed E-state index contributed by atoms with van der Waals surface area (Å²) in [5, 5.41) is 3.01. The van der Waals surface area contributed by atoms with Crippen molar-refractivity contribution < 1.29 is 4.79 Å². The molecule has 1 unspecified atom stereocenters. The Kier molecular flexibility index (Phi) is 3.73. The van der Waals surface area contributed by atoms with Gasteiger partial charge in [-0.1, -0.05) is 13.8 Å². The van der Waals surface area contributed by atoms with E-state index >= 15 is 0 Å². The fraction of sp³-hybridized carbons (Fsp3) is 0.923. The Bertz CT molecular complexity index is 286. The number of rotatable bonds is 5. The molecule has 2 fully saturated rings. The highest BCUT2D eigenvalue weighted by Gasteiger charge is 2.45. The molecule has 0 aromatic heterocycles. The maximum Gasteiger partial charge on any atom is 0.240 e. The maximum absolute atomic E-state index is 11.7. The molecule has 0 aromatic carbocycles. The van der Waals surface area contributed by atoms with Gasteiger partial charge in [0, 0.05) is 19.6 Å². The molecule has 0 spiro atoms. The van der Waals surface area contributed by atoms with Gasteiger partial charge in [0.25, 0.3) is 0 Å². The zero-order valence-corrected chi connectivity index (χ0v) is 11.0. The number of amides is 1. The van der Waals surface area contributed by atoms with E-state index in [1.54, 1.807) is 0 Å².